The molecular weight excluding hydrogens is 268 g/mol. The van der Waals surface area contributed by atoms with E-state index in [2.05, 4.69) is 0 Å². The molecule has 0 amide bonds. The molecule has 0 bridgehead atoms. The minimum atomic E-state index is -2.64. The van der Waals surface area contributed by atoms with E-state index in [4.69, 9.17) is 0 Å². The third kappa shape index (κ3) is 2.84. The van der Waals surface area contributed by atoms with Crippen LogP contribution in [0.4, 0.5) is 17.6 Å². The molecule has 0 heterocycles. The lowest BCUT2D eigenvalue weighted by Crippen LogP contribution is -2.05. The van der Waals surface area contributed by atoms with Gasteiger partial charge >= 0.3 is 0 Å². The average molecular weight is 281 g/mol. The fourth-order valence-electron chi connectivity index (χ4n) is 2.20. The summed E-state index contributed by atoms with van der Waals surface area (Å²) in [4.78, 5) is 0. The SMILES string of the molecule is C[C](c1ccccc1C(F)F)c1ccccc1C(F)F. The highest BCUT2D eigenvalue weighted by Crippen LogP contribution is 2.35. The van der Waals surface area contributed by atoms with Crippen molar-refractivity contribution in [3.63, 3.8) is 0 Å². The highest BCUT2D eigenvalue weighted by atomic mass is 19.3. The average Bonchev–Trinajstić information content (AvgIpc) is 2.46. The summed E-state index contributed by atoms with van der Waals surface area (Å²) in [5, 5.41) is 0. The van der Waals surface area contributed by atoms with E-state index in [1.807, 2.05) is 0 Å². The van der Waals surface area contributed by atoms with E-state index in [-0.39, 0.29) is 11.1 Å². The zero-order valence-electron chi connectivity index (χ0n) is 10.8. The van der Waals surface area contributed by atoms with Crippen molar-refractivity contribution in [1.82, 2.24) is 0 Å². The van der Waals surface area contributed by atoms with Crippen LogP contribution in [0.3, 0.4) is 0 Å². The van der Waals surface area contributed by atoms with Crippen molar-refractivity contribution in [1.29, 1.82) is 0 Å². The molecule has 0 atom stereocenters. The summed E-state index contributed by atoms with van der Waals surface area (Å²) in [6.07, 6.45) is -5.28. The number of rotatable bonds is 4. The lowest BCUT2D eigenvalue weighted by molar-refractivity contribution is 0.150. The van der Waals surface area contributed by atoms with Crippen molar-refractivity contribution < 1.29 is 17.6 Å². The Bertz CT molecular complexity index is 527. The first kappa shape index (κ1) is 14.6. The Balaban J connectivity index is 2.50. The molecule has 0 saturated carbocycles. The molecule has 0 saturated heterocycles. The van der Waals surface area contributed by atoms with Crippen LogP contribution in [-0.4, -0.2) is 0 Å². The van der Waals surface area contributed by atoms with Crippen LogP contribution < -0.4 is 0 Å². The predicted molar refractivity (Wildman–Crippen MR) is 69.9 cm³/mol. The molecule has 1 radical (unpaired) electrons. The quantitative estimate of drug-likeness (QED) is 0.644. The second-order valence-corrected chi connectivity index (χ2v) is 4.40. The predicted octanol–water partition coefficient (Wildman–Crippen LogP) is 5.55. The fourth-order valence-corrected chi connectivity index (χ4v) is 2.20. The van der Waals surface area contributed by atoms with Gasteiger partial charge in [-0.15, -0.1) is 0 Å². The minimum absolute atomic E-state index is 0.144. The summed E-state index contributed by atoms with van der Waals surface area (Å²) in [6, 6.07) is 11.9. The molecule has 0 aliphatic rings. The topological polar surface area (TPSA) is 0 Å². The maximum atomic E-state index is 13.0. The van der Waals surface area contributed by atoms with E-state index in [1.54, 1.807) is 19.1 Å². The normalized spacial score (nSPS) is 11.6. The van der Waals surface area contributed by atoms with E-state index in [1.165, 1.54) is 36.4 Å². The Kier molecular flexibility index (Phi) is 4.42. The number of hydrogen-bond acceptors (Lipinski definition) is 0. The van der Waals surface area contributed by atoms with Gasteiger partial charge in [-0.3, -0.25) is 0 Å². The molecule has 105 valence electrons. The van der Waals surface area contributed by atoms with Gasteiger partial charge in [0.05, 0.1) is 0 Å². The highest BCUT2D eigenvalue weighted by molar-refractivity contribution is 5.52. The van der Waals surface area contributed by atoms with Crippen LogP contribution in [0.25, 0.3) is 0 Å². The smallest absolute Gasteiger partial charge is 0.205 e. The van der Waals surface area contributed by atoms with Crippen LogP contribution in [0, 0.1) is 5.92 Å². The minimum Gasteiger partial charge on any atom is -0.205 e. The number of hydrogen-bond donors (Lipinski definition) is 0. The third-order valence-electron chi connectivity index (χ3n) is 3.20. The third-order valence-corrected chi connectivity index (χ3v) is 3.20. The number of alkyl halides is 4. The molecule has 0 spiro atoms. The van der Waals surface area contributed by atoms with Crippen LogP contribution in [0.5, 0.6) is 0 Å². The lowest BCUT2D eigenvalue weighted by atomic mass is 9.87. The van der Waals surface area contributed by atoms with Gasteiger partial charge in [0.2, 0.25) is 0 Å². The summed E-state index contributed by atoms with van der Waals surface area (Å²) in [5.41, 5.74) is 0.314. The molecule has 0 aliphatic heterocycles. The second-order valence-electron chi connectivity index (χ2n) is 4.40. The van der Waals surface area contributed by atoms with Crippen molar-refractivity contribution in [2.75, 3.05) is 0 Å². The Morgan fingerprint density at radius 3 is 1.40 bits per heavy atom. The molecule has 2 aromatic rings. The molecule has 0 N–H and O–H groups in total. The van der Waals surface area contributed by atoms with Gasteiger partial charge in [0, 0.05) is 17.0 Å². The van der Waals surface area contributed by atoms with Gasteiger partial charge in [-0.25, -0.2) is 17.6 Å². The molecule has 2 rings (SSSR count). The van der Waals surface area contributed by atoms with Gasteiger partial charge in [0.15, 0.2) is 0 Å². The van der Waals surface area contributed by atoms with Crippen molar-refractivity contribution in [3.8, 4) is 0 Å². The second kappa shape index (κ2) is 6.07. The lowest BCUT2D eigenvalue weighted by Gasteiger charge is -2.18. The zero-order chi connectivity index (χ0) is 14.7. The summed E-state index contributed by atoms with van der Waals surface area (Å²) >= 11 is 0. The Hall–Kier alpha value is -1.84. The Morgan fingerprint density at radius 1 is 0.700 bits per heavy atom. The van der Waals surface area contributed by atoms with Gasteiger partial charge in [-0.1, -0.05) is 55.5 Å². The van der Waals surface area contributed by atoms with Crippen molar-refractivity contribution in [3.05, 3.63) is 76.7 Å². The van der Waals surface area contributed by atoms with Crippen LogP contribution in [-0.2, 0) is 0 Å². The van der Waals surface area contributed by atoms with Gasteiger partial charge in [0.1, 0.15) is 0 Å². The first-order valence-electron chi connectivity index (χ1n) is 6.10. The first-order valence-corrected chi connectivity index (χ1v) is 6.10. The zero-order valence-corrected chi connectivity index (χ0v) is 10.8. The Morgan fingerprint density at radius 2 is 1.05 bits per heavy atom. The molecule has 0 aromatic heterocycles. The molecule has 4 heteroatoms. The van der Waals surface area contributed by atoms with E-state index < -0.39 is 12.9 Å². The standard InChI is InChI=1S/C16H13F4/c1-10(11-6-2-4-8-13(11)15(17)18)12-7-3-5-9-14(12)16(19)20/h2-9,15-16H,1H3. The molecule has 20 heavy (non-hydrogen) atoms. The maximum Gasteiger partial charge on any atom is 0.264 e. The summed E-state index contributed by atoms with van der Waals surface area (Å²) in [7, 11) is 0. The molecule has 2 aromatic carbocycles. The van der Waals surface area contributed by atoms with Gasteiger partial charge in [-0.05, 0) is 11.1 Å². The monoisotopic (exact) mass is 281 g/mol. The van der Waals surface area contributed by atoms with Gasteiger partial charge < -0.3 is 0 Å². The van der Waals surface area contributed by atoms with Gasteiger partial charge in [-0.2, -0.15) is 0 Å². The van der Waals surface area contributed by atoms with Crippen LogP contribution >= 0.6 is 0 Å². The van der Waals surface area contributed by atoms with Gasteiger partial charge in [0.25, 0.3) is 12.9 Å². The summed E-state index contributed by atoms with van der Waals surface area (Å²) in [6.45, 7) is 1.59. The van der Waals surface area contributed by atoms with E-state index >= 15 is 0 Å². The van der Waals surface area contributed by atoms with Crippen molar-refractivity contribution in [2.45, 2.75) is 19.8 Å². The largest absolute Gasteiger partial charge is 0.264 e. The first-order chi connectivity index (χ1) is 9.52. The molecule has 0 unspecified atom stereocenters. The molecule has 0 nitrogen and oxygen atoms in total. The van der Waals surface area contributed by atoms with Crippen LogP contribution in [0.15, 0.2) is 48.5 Å². The molecule has 0 fully saturated rings. The van der Waals surface area contributed by atoms with E-state index in [0.717, 1.165) is 0 Å². The van der Waals surface area contributed by atoms with E-state index in [9.17, 15) is 17.6 Å². The Labute approximate surface area is 115 Å². The fraction of sp³-hybridized carbons (Fsp3) is 0.188. The summed E-state index contributed by atoms with van der Waals surface area (Å²) in [5.74, 6) is 0.428. The number of benzene rings is 2. The van der Waals surface area contributed by atoms with Crippen LogP contribution in [0.1, 0.15) is 42.0 Å². The molecular formula is C16H13F4. The molecule has 0 aliphatic carbocycles. The summed E-state index contributed by atoms with van der Waals surface area (Å²) < 4.78 is 52.0. The highest BCUT2D eigenvalue weighted by Gasteiger charge is 2.22. The van der Waals surface area contributed by atoms with Crippen molar-refractivity contribution in [2.24, 2.45) is 0 Å². The van der Waals surface area contributed by atoms with Crippen molar-refractivity contribution >= 4 is 0 Å². The van der Waals surface area contributed by atoms with E-state index in [0.29, 0.717) is 17.0 Å². The maximum absolute atomic E-state index is 13.0. The number of halogens is 4. The van der Waals surface area contributed by atoms with Crippen LogP contribution in [0.2, 0.25) is 0 Å².